The van der Waals surface area contributed by atoms with Crippen molar-refractivity contribution in [2.75, 3.05) is 0 Å². The molecule has 2 rings (SSSR count). The Morgan fingerprint density at radius 3 is 2.84 bits per heavy atom. The highest BCUT2D eigenvalue weighted by Gasteiger charge is 2.20. The van der Waals surface area contributed by atoms with Crippen LogP contribution < -0.4 is 0 Å². The number of nitrogens with zero attached hydrogens (tertiary/aromatic N) is 2. The molecule has 0 N–H and O–H groups in total. The molecule has 7 heteroatoms. The maximum atomic E-state index is 11.8. The molecule has 0 unspecified atom stereocenters. The third-order valence-electron chi connectivity index (χ3n) is 2.35. The summed E-state index contributed by atoms with van der Waals surface area (Å²) in [5.74, 6) is -0.176. The van der Waals surface area contributed by atoms with Crippen molar-refractivity contribution < 1.29 is 19.0 Å². The summed E-state index contributed by atoms with van der Waals surface area (Å²) < 4.78 is 9.77. The standard InChI is InChI=1S/C12H10N2O5/c1-8-6-9(13-19-8)7-18-12(15)10-4-2-3-5-11(10)14(16)17/h2-6H,7H2,1H3. The fourth-order valence-electron chi connectivity index (χ4n) is 1.51. The van der Waals surface area contributed by atoms with Crippen molar-refractivity contribution in [2.45, 2.75) is 13.5 Å². The molecule has 98 valence electrons. The molecular formula is C12H10N2O5. The van der Waals surface area contributed by atoms with E-state index in [1.807, 2.05) is 0 Å². The van der Waals surface area contributed by atoms with Gasteiger partial charge in [-0.1, -0.05) is 17.3 Å². The van der Waals surface area contributed by atoms with Crippen molar-refractivity contribution in [3.05, 3.63) is 57.5 Å². The normalized spacial score (nSPS) is 10.2. The number of carbonyl (C=O) groups excluding carboxylic acids is 1. The molecule has 1 aromatic heterocycles. The topological polar surface area (TPSA) is 95.5 Å². The summed E-state index contributed by atoms with van der Waals surface area (Å²) in [6.45, 7) is 1.61. The average molecular weight is 262 g/mol. The maximum Gasteiger partial charge on any atom is 0.345 e. The van der Waals surface area contributed by atoms with Crippen molar-refractivity contribution in [1.82, 2.24) is 5.16 Å². The van der Waals surface area contributed by atoms with E-state index in [0.29, 0.717) is 11.5 Å². The molecule has 1 aromatic carbocycles. The quantitative estimate of drug-likeness (QED) is 0.476. The molecule has 0 saturated heterocycles. The SMILES string of the molecule is Cc1cc(COC(=O)c2ccccc2[N+](=O)[O-])no1. The Morgan fingerprint density at radius 2 is 2.21 bits per heavy atom. The molecule has 0 aliphatic heterocycles. The lowest BCUT2D eigenvalue weighted by Gasteiger charge is -2.03. The summed E-state index contributed by atoms with van der Waals surface area (Å²) in [7, 11) is 0. The highest BCUT2D eigenvalue weighted by molar-refractivity contribution is 5.93. The Bertz CT molecular complexity index is 620. The van der Waals surface area contributed by atoms with E-state index in [1.54, 1.807) is 13.0 Å². The van der Waals surface area contributed by atoms with Crippen LogP contribution in [-0.2, 0) is 11.3 Å². The Labute approximate surface area is 107 Å². The van der Waals surface area contributed by atoms with E-state index in [9.17, 15) is 14.9 Å². The minimum absolute atomic E-state index is 0.0901. The van der Waals surface area contributed by atoms with Gasteiger partial charge in [-0.15, -0.1) is 0 Å². The number of rotatable bonds is 4. The second-order valence-electron chi connectivity index (χ2n) is 3.78. The van der Waals surface area contributed by atoms with Crippen LogP contribution in [0.25, 0.3) is 0 Å². The van der Waals surface area contributed by atoms with Crippen molar-refractivity contribution >= 4 is 11.7 Å². The van der Waals surface area contributed by atoms with Gasteiger partial charge in [-0.05, 0) is 13.0 Å². The van der Waals surface area contributed by atoms with Gasteiger partial charge in [0, 0.05) is 12.1 Å². The lowest BCUT2D eigenvalue weighted by atomic mass is 10.2. The molecule has 0 aliphatic carbocycles. The van der Waals surface area contributed by atoms with Gasteiger partial charge >= 0.3 is 5.97 Å². The van der Waals surface area contributed by atoms with E-state index in [-0.39, 0.29) is 17.9 Å². The third kappa shape index (κ3) is 2.95. The number of aryl methyl sites for hydroxylation is 1. The van der Waals surface area contributed by atoms with Gasteiger partial charge in [-0.3, -0.25) is 10.1 Å². The lowest BCUT2D eigenvalue weighted by molar-refractivity contribution is -0.385. The fourth-order valence-corrected chi connectivity index (χ4v) is 1.51. The molecule has 19 heavy (non-hydrogen) atoms. The molecule has 0 aliphatic rings. The minimum atomic E-state index is -0.770. The molecule has 0 bridgehead atoms. The third-order valence-corrected chi connectivity index (χ3v) is 2.35. The second-order valence-corrected chi connectivity index (χ2v) is 3.78. The lowest BCUT2D eigenvalue weighted by Crippen LogP contribution is -2.08. The number of esters is 1. The number of nitro benzene ring substituents is 1. The maximum absolute atomic E-state index is 11.8. The molecule has 0 radical (unpaired) electrons. The minimum Gasteiger partial charge on any atom is -0.455 e. The largest absolute Gasteiger partial charge is 0.455 e. The predicted octanol–water partition coefficient (Wildman–Crippen LogP) is 2.25. The van der Waals surface area contributed by atoms with E-state index in [4.69, 9.17) is 9.26 Å². The van der Waals surface area contributed by atoms with Crippen LogP contribution in [0.4, 0.5) is 5.69 Å². The van der Waals surface area contributed by atoms with E-state index in [0.717, 1.165) is 0 Å². The summed E-state index contributed by atoms with van der Waals surface area (Å²) in [4.78, 5) is 21.9. The zero-order valence-electron chi connectivity index (χ0n) is 10.0. The van der Waals surface area contributed by atoms with Crippen molar-refractivity contribution in [3.8, 4) is 0 Å². The first-order valence-electron chi connectivity index (χ1n) is 5.40. The van der Waals surface area contributed by atoms with Crippen molar-refractivity contribution in [3.63, 3.8) is 0 Å². The number of hydrogen-bond donors (Lipinski definition) is 0. The van der Waals surface area contributed by atoms with E-state index in [2.05, 4.69) is 5.16 Å². The van der Waals surface area contributed by atoms with Gasteiger partial charge in [-0.2, -0.15) is 0 Å². The van der Waals surface area contributed by atoms with Crippen LogP contribution >= 0.6 is 0 Å². The molecular weight excluding hydrogens is 252 g/mol. The summed E-state index contributed by atoms with van der Waals surface area (Å²) >= 11 is 0. The number of hydrogen-bond acceptors (Lipinski definition) is 6. The zero-order chi connectivity index (χ0) is 13.8. The van der Waals surface area contributed by atoms with Gasteiger partial charge in [0.1, 0.15) is 23.6 Å². The first-order chi connectivity index (χ1) is 9.08. The summed E-state index contributed by atoms with van der Waals surface area (Å²) in [5.41, 5.74) is 0.0704. The van der Waals surface area contributed by atoms with Crippen molar-refractivity contribution in [2.24, 2.45) is 0 Å². The van der Waals surface area contributed by atoms with Crippen LogP contribution in [0.3, 0.4) is 0 Å². The molecule has 7 nitrogen and oxygen atoms in total. The van der Waals surface area contributed by atoms with Crippen molar-refractivity contribution in [1.29, 1.82) is 0 Å². The zero-order valence-corrected chi connectivity index (χ0v) is 10.0. The fraction of sp³-hybridized carbons (Fsp3) is 0.167. The molecule has 0 amide bonds. The highest BCUT2D eigenvalue weighted by Crippen LogP contribution is 2.19. The number of para-hydroxylation sites is 1. The molecule has 2 aromatic rings. The van der Waals surface area contributed by atoms with Gasteiger partial charge in [0.25, 0.3) is 5.69 Å². The van der Waals surface area contributed by atoms with Gasteiger partial charge in [0.15, 0.2) is 0 Å². The Balaban J connectivity index is 2.10. The van der Waals surface area contributed by atoms with E-state index in [1.165, 1.54) is 24.3 Å². The first-order valence-corrected chi connectivity index (χ1v) is 5.40. The summed E-state index contributed by atoms with van der Waals surface area (Å²) in [6, 6.07) is 7.22. The monoisotopic (exact) mass is 262 g/mol. The number of carbonyl (C=O) groups is 1. The van der Waals surface area contributed by atoms with Crippen LogP contribution in [0, 0.1) is 17.0 Å². The predicted molar refractivity (Wildman–Crippen MR) is 63.5 cm³/mol. The van der Waals surface area contributed by atoms with Crippen LogP contribution in [0.5, 0.6) is 0 Å². The number of nitro groups is 1. The summed E-state index contributed by atoms with van der Waals surface area (Å²) in [5, 5.41) is 14.4. The molecule has 1 heterocycles. The number of aromatic nitrogens is 1. The Kier molecular flexibility index (Phi) is 3.56. The number of ether oxygens (including phenoxy) is 1. The molecule has 0 fully saturated rings. The molecule has 0 spiro atoms. The Morgan fingerprint density at radius 1 is 1.47 bits per heavy atom. The van der Waals surface area contributed by atoms with Gasteiger partial charge in [0.05, 0.1) is 4.92 Å². The molecule has 0 atom stereocenters. The van der Waals surface area contributed by atoms with Gasteiger partial charge in [0.2, 0.25) is 0 Å². The highest BCUT2D eigenvalue weighted by atomic mass is 16.6. The van der Waals surface area contributed by atoms with E-state index < -0.39 is 10.9 Å². The summed E-state index contributed by atoms with van der Waals surface area (Å²) in [6.07, 6.45) is 0. The van der Waals surface area contributed by atoms with Crippen LogP contribution in [0.15, 0.2) is 34.9 Å². The van der Waals surface area contributed by atoms with Gasteiger partial charge in [-0.25, -0.2) is 4.79 Å². The Hall–Kier alpha value is -2.70. The van der Waals surface area contributed by atoms with Crippen LogP contribution in [0.2, 0.25) is 0 Å². The van der Waals surface area contributed by atoms with Crippen LogP contribution in [0.1, 0.15) is 21.8 Å². The van der Waals surface area contributed by atoms with Crippen LogP contribution in [-0.4, -0.2) is 16.0 Å². The number of benzene rings is 1. The van der Waals surface area contributed by atoms with Gasteiger partial charge < -0.3 is 9.26 Å². The van der Waals surface area contributed by atoms with E-state index >= 15 is 0 Å². The smallest absolute Gasteiger partial charge is 0.345 e. The average Bonchev–Trinajstić information content (AvgIpc) is 2.81. The molecule has 0 saturated carbocycles. The second kappa shape index (κ2) is 5.30. The first kappa shape index (κ1) is 12.7.